The molecule has 1 atom stereocenters. The van der Waals surface area contributed by atoms with E-state index in [2.05, 4.69) is 15.3 Å². The Hall–Kier alpha value is -4.53. The highest BCUT2D eigenvalue weighted by Gasteiger charge is 2.40. The molecule has 1 aliphatic rings. The van der Waals surface area contributed by atoms with Crippen LogP contribution >= 0.6 is 0 Å². The van der Waals surface area contributed by atoms with Crippen molar-refractivity contribution < 1.29 is 19.1 Å². The SMILES string of the molecule is CCOC(=O)c1ccc(NC(=O)C[C@H]2C(=O)N(Cc3cccnc3)c3nc4ccccc4n32)cc1. The number of ether oxygens (including phenoxy) is 1. The maximum Gasteiger partial charge on any atom is 0.338 e. The van der Waals surface area contributed by atoms with Gasteiger partial charge in [0.05, 0.1) is 36.2 Å². The third-order valence-electron chi connectivity index (χ3n) is 5.80. The van der Waals surface area contributed by atoms with Crippen LogP contribution in [0.2, 0.25) is 0 Å². The van der Waals surface area contributed by atoms with E-state index < -0.39 is 12.0 Å². The molecule has 2 aromatic carbocycles. The first-order valence-corrected chi connectivity index (χ1v) is 11.3. The lowest BCUT2D eigenvalue weighted by Gasteiger charge is -2.16. The zero-order chi connectivity index (χ0) is 24.4. The number of rotatable bonds is 7. The van der Waals surface area contributed by atoms with Crippen molar-refractivity contribution >= 4 is 40.5 Å². The van der Waals surface area contributed by atoms with Crippen molar-refractivity contribution in [2.75, 3.05) is 16.8 Å². The number of nitrogens with zero attached hydrogens (tertiary/aromatic N) is 4. The minimum absolute atomic E-state index is 0.0602. The molecule has 3 heterocycles. The van der Waals surface area contributed by atoms with Crippen LogP contribution in [0, 0.1) is 0 Å². The van der Waals surface area contributed by atoms with E-state index >= 15 is 0 Å². The number of hydrogen-bond donors (Lipinski definition) is 1. The second kappa shape index (κ2) is 9.38. The molecule has 0 fully saturated rings. The number of hydrogen-bond acceptors (Lipinski definition) is 6. The molecule has 35 heavy (non-hydrogen) atoms. The summed E-state index contributed by atoms with van der Waals surface area (Å²) in [4.78, 5) is 48.7. The normalized spacial score (nSPS) is 14.7. The standard InChI is InChI=1S/C26H23N5O4/c1-2-35-25(34)18-9-11-19(12-10-18)28-23(32)14-22-24(33)30(16-17-6-5-13-27-15-17)26-29-20-7-3-4-8-21(20)31(22)26/h3-13,15,22H,2,14,16H2,1H3,(H,28,32)/t22-/m0/s1. The average Bonchev–Trinajstić information content (AvgIpc) is 3.36. The van der Waals surface area contributed by atoms with Gasteiger partial charge in [-0.25, -0.2) is 9.78 Å². The molecule has 0 spiro atoms. The highest BCUT2D eigenvalue weighted by atomic mass is 16.5. The van der Waals surface area contributed by atoms with Crippen LogP contribution in [-0.4, -0.2) is 38.9 Å². The number of carbonyl (C=O) groups excluding carboxylic acids is 3. The minimum Gasteiger partial charge on any atom is -0.462 e. The van der Waals surface area contributed by atoms with Crippen molar-refractivity contribution in [1.29, 1.82) is 0 Å². The molecule has 1 aliphatic heterocycles. The molecule has 1 N–H and O–H groups in total. The van der Waals surface area contributed by atoms with Gasteiger partial charge in [0, 0.05) is 18.1 Å². The van der Waals surface area contributed by atoms with Crippen molar-refractivity contribution in [3.05, 3.63) is 84.2 Å². The molecule has 5 rings (SSSR count). The zero-order valence-electron chi connectivity index (χ0n) is 19.0. The van der Waals surface area contributed by atoms with Gasteiger partial charge in [-0.15, -0.1) is 0 Å². The summed E-state index contributed by atoms with van der Waals surface area (Å²) >= 11 is 0. The molecule has 0 unspecified atom stereocenters. The molecule has 9 heteroatoms. The number of carbonyl (C=O) groups is 3. The number of imidazole rings is 1. The summed E-state index contributed by atoms with van der Waals surface area (Å²) in [5.74, 6) is -0.430. The second-order valence-electron chi connectivity index (χ2n) is 8.12. The van der Waals surface area contributed by atoms with Crippen LogP contribution in [0.5, 0.6) is 0 Å². The molecule has 2 aromatic heterocycles. The van der Waals surface area contributed by atoms with Crippen LogP contribution in [0.25, 0.3) is 11.0 Å². The van der Waals surface area contributed by atoms with E-state index in [1.807, 2.05) is 41.0 Å². The zero-order valence-corrected chi connectivity index (χ0v) is 19.0. The summed E-state index contributed by atoms with van der Waals surface area (Å²) in [5.41, 5.74) is 3.34. The summed E-state index contributed by atoms with van der Waals surface area (Å²) in [6, 6.07) is 17.0. The maximum atomic E-state index is 13.5. The summed E-state index contributed by atoms with van der Waals surface area (Å²) in [7, 11) is 0. The van der Waals surface area contributed by atoms with Gasteiger partial charge in [0.25, 0.3) is 5.91 Å². The Morgan fingerprint density at radius 2 is 1.86 bits per heavy atom. The predicted molar refractivity (Wildman–Crippen MR) is 130 cm³/mol. The third-order valence-corrected chi connectivity index (χ3v) is 5.80. The Balaban J connectivity index is 1.38. The first-order chi connectivity index (χ1) is 17.0. The number of anilines is 2. The molecular formula is C26H23N5O4. The highest BCUT2D eigenvalue weighted by molar-refractivity contribution is 6.05. The first kappa shape index (κ1) is 22.3. The fourth-order valence-corrected chi connectivity index (χ4v) is 4.21. The van der Waals surface area contributed by atoms with E-state index in [1.54, 1.807) is 48.5 Å². The quantitative estimate of drug-likeness (QED) is 0.414. The number of amides is 2. The van der Waals surface area contributed by atoms with Crippen molar-refractivity contribution in [1.82, 2.24) is 14.5 Å². The van der Waals surface area contributed by atoms with Gasteiger partial charge in [0.1, 0.15) is 6.04 Å². The van der Waals surface area contributed by atoms with Crippen molar-refractivity contribution in [2.24, 2.45) is 0 Å². The van der Waals surface area contributed by atoms with Gasteiger partial charge in [-0.1, -0.05) is 18.2 Å². The van der Waals surface area contributed by atoms with Gasteiger partial charge in [-0.2, -0.15) is 0 Å². The van der Waals surface area contributed by atoms with Gasteiger partial charge < -0.3 is 10.1 Å². The molecule has 0 aliphatic carbocycles. The second-order valence-corrected chi connectivity index (χ2v) is 8.12. The Morgan fingerprint density at radius 1 is 1.06 bits per heavy atom. The van der Waals surface area contributed by atoms with Gasteiger partial charge in [0.15, 0.2) is 0 Å². The summed E-state index contributed by atoms with van der Waals surface area (Å²) < 4.78 is 6.81. The van der Waals surface area contributed by atoms with Crippen LogP contribution in [0.1, 0.15) is 35.3 Å². The molecular weight excluding hydrogens is 446 g/mol. The molecule has 4 aromatic rings. The van der Waals surface area contributed by atoms with Gasteiger partial charge in [-0.3, -0.25) is 24.0 Å². The molecule has 0 saturated heterocycles. The third kappa shape index (κ3) is 4.35. The van der Waals surface area contributed by atoms with E-state index in [9.17, 15) is 14.4 Å². The average molecular weight is 470 g/mol. The van der Waals surface area contributed by atoms with Crippen LogP contribution in [0.15, 0.2) is 73.1 Å². The lowest BCUT2D eigenvalue weighted by atomic mass is 10.1. The van der Waals surface area contributed by atoms with E-state index in [4.69, 9.17) is 4.74 Å². The largest absolute Gasteiger partial charge is 0.462 e. The number of nitrogens with one attached hydrogen (secondary N) is 1. The number of fused-ring (bicyclic) bond motifs is 3. The number of pyridine rings is 1. The van der Waals surface area contributed by atoms with Crippen LogP contribution in [0.4, 0.5) is 11.6 Å². The number of para-hydroxylation sites is 2. The smallest absolute Gasteiger partial charge is 0.338 e. The summed E-state index contributed by atoms with van der Waals surface area (Å²) in [6.07, 6.45) is 3.33. The molecule has 0 bridgehead atoms. The molecule has 0 saturated carbocycles. The highest BCUT2D eigenvalue weighted by Crippen LogP contribution is 2.37. The van der Waals surface area contributed by atoms with Gasteiger partial charge in [-0.05, 0) is 55.0 Å². The predicted octanol–water partition coefficient (Wildman–Crippen LogP) is 3.72. The fraction of sp³-hybridized carbons (Fsp3) is 0.192. The number of esters is 1. The van der Waals surface area contributed by atoms with Crippen LogP contribution in [-0.2, 0) is 20.9 Å². The Kier molecular flexibility index (Phi) is 5.97. The lowest BCUT2D eigenvalue weighted by Crippen LogP contribution is -2.31. The number of benzene rings is 2. The van der Waals surface area contributed by atoms with Crippen molar-refractivity contribution in [3.8, 4) is 0 Å². The Morgan fingerprint density at radius 3 is 2.60 bits per heavy atom. The molecule has 176 valence electrons. The summed E-state index contributed by atoms with van der Waals surface area (Å²) in [5, 5.41) is 2.82. The van der Waals surface area contributed by atoms with E-state index in [0.29, 0.717) is 23.7 Å². The van der Waals surface area contributed by atoms with Crippen LogP contribution < -0.4 is 10.2 Å². The lowest BCUT2D eigenvalue weighted by molar-refractivity contribution is -0.124. The first-order valence-electron chi connectivity index (χ1n) is 11.3. The Bertz CT molecular complexity index is 1400. The van der Waals surface area contributed by atoms with Gasteiger partial charge >= 0.3 is 5.97 Å². The minimum atomic E-state index is -0.729. The Labute approximate surface area is 201 Å². The summed E-state index contributed by atoms with van der Waals surface area (Å²) in [6.45, 7) is 2.34. The topological polar surface area (TPSA) is 106 Å². The van der Waals surface area contributed by atoms with Crippen molar-refractivity contribution in [3.63, 3.8) is 0 Å². The maximum absolute atomic E-state index is 13.5. The van der Waals surface area contributed by atoms with E-state index in [1.165, 1.54) is 0 Å². The van der Waals surface area contributed by atoms with Crippen LogP contribution in [0.3, 0.4) is 0 Å². The fourth-order valence-electron chi connectivity index (χ4n) is 4.21. The number of aromatic nitrogens is 3. The van der Waals surface area contributed by atoms with E-state index in [0.717, 1.165) is 16.6 Å². The monoisotopic (exact) mass is 469 g/mol. The van der Waals surface area contributed by atoms with Gasteiger partial charge in [0.2, 0.25) is 11.9 Å². The molecule has 0 radical (unpaired) electrons. The molecule has 9 nitrogen and oxygen atoms in total. The van der Waals surface area contributed by atoms with E-state index in [-0.39, 0.29) is 24.8 Å². The van der Waals surface area contributed by atoms with Crippen molar-refractivity contribution in [2.45, 2.75) is 25.9 Å². The molecule has 2 amide bonds.